The van der Waals surface area contributed by atoms with Crippen LogP contribution in [0.1, 0.15) is 5.82 Å². The Morgan fingerprint density at radius 2 is 2.47 bits per heavy atom. The molecule has 0 radical (unpaired) electrons. The number of halogens is 2. The van der Waals surface area contributed by atoms with Crippen LogP contribution in [0.25, 0.3) is 0 Å². The number of nitrogens with one attached hydrogen (secondary N) is 2. The number of imidazole rings is 1. The summed E-state index contributed by atoms with van der Waals surface area (Å²) >= 11 is 1.74. The van der Waals surface area contributed by atoms with Crippen LogP contribution in [-0.4, -0.2) is 33.1 Å². The smallest absolute Gasteiger partial charge is 0.238 e. The normalized spacial score (nSPS) is 18.1. The van der Waals surface area contributed by atoms with E-state index >= 15 is 0 Å². The summed E-state index contributed by atoms with van der Waals surface area (Å²) in [6.45, 7) is 0.491. The predicted molar refractivity (Wildman–Crippen MR) is 73.8 cm³/mol. The molecule has 0 spiro atoms. The zero-order valence-electron chi connectivity index (χ0n) is 9.38. The zero-order valence-corrected chi connectivity index (χ0v) is 11.8. The van der Waals surface area contributed by atoms with E-state index in [0.29, 0.717) is 6.54 Å². The molecule has 0 aromatic carbocycles. The third kappa shape index (κ3) is 4.39. The van der Waals surface area contributed by atoms with Crippen molar-refractivity contribution in [2.75, 3.05) is 11.6 Å². The van der Waals surface area contributed by atoms with Crippen molar-refractivity contribution in [3.63, 3.8) is 0 Å². The van der Waals surface area contributed by atoms with E-state index in [0.717, 1.165) is 17.5 Å². The lowest BCUT2D eigenvalue weighted by atomic mass is 10.3. The molecular formula is C9H16Cl2N4OS. The standard InChI is InChI=1S/C9H14N4OS.2ClH/c1-13-3-2-10-8(13)4-11-9(14)7-5-15-6-12-7;;/h2-3,7,12H,4-6H2,1H3,(H,11,14);2*1H. The van der Waals surface area contributed by atoms with Crippen LogP contribution in [0.5, 0.6) is 0 Å². The average molecular weight is 299 g/mol. The van der Waals surface area contributed by atoms with E-state index in [2.05, 4.69) is 15.6 Å². The van der Waals surface area contributed by atoms with E-state index in [1.165, 1.54) is 0 Å². The fraction of sp³-hybridized carbons (Fsp3) is 0.556. The molecular weight excluding hydrogens is 283 g/mol. The SMILES string of the molecule is Cl.Cl.Cn1ccnc1CNC(=O)C1CSCN1. The van der Waals surface area contributed by atoms with Crippen LogP contribution in [0.3, 0.4) is 0 Å². The fourth-order valence-electron chi connectivity index (χ4n) is 1.42. The molecule has 2 N–H and O–H groups in total. The average Bonchev–Trinajstić information content (AvgIpc) is 2.85. The summed E-state index contributed by atoms with van der Waals surface area (Å²) in [6.07, 6.45) is 3.59. The second-order valence-electron chi connectivity index (χ2n) is 3.44. The number of nitrogens with zero attached hydrogens (tertiary/aromatic N) is 2. The number of rotatable bonds is 3. The molecule has 1 saturated heterocycles. The highest BCUT2D eigenvalue weighted by molar-refractivity contribution is 7.99. The van der Waals surface area contributed by atoms with E-state index in [1.54, 1.807) is 18.0 Å². The van der Waals surface area contributed by atoms with Gasteiger partial charge in [-0.1, -0.05) is 0 Å². The van der Waals surface area contributed by atoms with Crippen LogP contribution in [0.4, 0.5) is 0 Å². The minimum Gasteiger partial charge on any atom is -0.347 e. The lowest BCUT2D eigenvalue weighted by molar-refractivity contribution is -0.122. The molecule has 98 valence electrons. The van der Waals surface area contributed by atoms with Gasteiger partial charge in [0.1, 0.15) is 5.82 Å². The van der Waals surface area contributed by atoms with Gasteiger partial charge in [0, 0.05) is 31.1 Å². The molecule has 2 heterocycles. The Hall–Kier alpha value is -0.430. The van der Waals surface area contributed by atoms with Crippen molar-refractivity contribution < 1.29 is 4.79 Å². The van der Waals surface area contributed by atoms with E-state index < -0.39 is 0 Å². The van der Waals surface area contributed by atoms with Gasteiger partial charge in [-0.05, 0) is 0 Å². The first-order valence-corrected chi connectivity index (χ1v) is 5.98. The highest BCUT2D eigenvalue weighted by atomic mass is 35.5. The molecule has 1 amide bonds. The molecule has 1 aliphatic heterocycles. The molecule has 1 unspecified atom stereocenters. The lowest BCUT2D eigenvalue weighted by Gasteiger charge is -2.10. The van der Waals surface area contributed by atoms with Gasteiger partial charge in [0.2, 0.25) is 5.91 Å². The largest absolute Gasteiger partial charge is 0.347 e. The van der Waals surface area contributed by atoms with Gasteiger partial charge in [-0.2, -0.15) is 0 Å². The van der Waals surface area contributed by atoms with Crippen LogP contribution in [0.2, 0.25) is 0 Å². The van der Waals surface area contributed by atoms with E-state index in [1.807, 2.05) is 17.8 Å². The Labute approximate surface area is 117 Å². The van der Waals surface area contributed by atoms with E-state index in [-0.39, 0.29) is 36.8 Å². The molecule has 1 aromatic heterocycles. The highest BCUT2D eigenvalue weighted by Crippen LogP contribution is 2.09. The summed E-state index contributed by atoms with van der Waals surface area (Å²) in [5.74, 6) is 2.64. The van der Waals surface area contributed by atoms with E-state index in [9.17, 15) is 4.79 Å². The number of thioether (sulfide) groups is 1. The van der Waals surface area contributed by atoms with Gasteiger partial charge >= 0.3 is 0 Å². The molecule has 0 aliphatic carbocycles. The number of aryl methyl sites for hydroxylation is 1. The maximum absolute atomic E-state index is 11.6. The molecule has 1 fully saturated rings. The summed E-state index contributed by atoms with van der Waals surface area (Å²) in [7, 11) is 1.91. The summed E-state index contributed by atoms with van der Waals surface area (Å²) < 4.78 is 1.90. The Bertz CT molecular complexity index is 355. The Balaban J connectivity index is 0.00000128. The van der Waals surface area contributed by atoms with Crippen molar-refractivity contribution in [3.8, 4) is 0 Å². The number of hydrogen-bond acceptors (Lipinski definition) is 4. The number of aromatic nitrogens is 2. The molecule has 1 aromatic rings. The monoisotopic (exact) mass is 298 g/mol. The zero-order chi connectivity index (χ0) is 10.7. The third-order valence-electron chi connectivity index (χ3n) is 2.37. The fourth-order valence-corrected chi connectivity index (χ4v) is 2.36. The van der Waals surface area contributed by atoms with Crippen molar-refractivity contribution in [2.45, 2.75) is 12.6 Å². The Morgan fingerprint density at radius 3 is 3.00 bits per heavy atom. The molecule has 1 aliphatic rings. The topological polar surface area (TPSA) is 59.0 Å². The van der Waals surface area contributed by atoms with Crippen molar-refractivity contribution in [1.29, 1.82) is 0 Å². The molecule has 0 saturated carbocycles. The summed E-state index contributed by atoms with van der Waals surface area (Å²) in [4.78, 5) is 15.8. The number of amides is 1. The Kier molecular flexibility index (Phi) is 7.61. The number of hydrogen-bond donors (Lipinski definition) is 2. The predicted octanol–water partition coefficient (Wildman–Crippen LogP) is 0.542. The number of carbonyl (C=O) groups is 1. The molecule has 8 heteroatoms. The van der Waals surface area contributed by atoms with Gasteiger partial charge in [-0.25, -0.2) is 4.98 Å². The van der Waals surface area contributed by atoms with Crippen molar-refractivity contribution in [3.05, 3.63) is 18.2 Å². The third-order valence-corrected chi connectivity index (χ3v) is 3.31. The van der Waals surface area contributed by atoms with Gasteiger partial charge in [0.05, 0.1) is 12.6 Å². The van der Waals surface area contributed by atoms with E-state index in [4.69, 9.17) is 0 Å². The van der Waals surface area contributed by atoms with Crippen molar-refractivity contribution in [1.82, 2.24) is 20.2 Å². The van der Waals surface area contributed by atoms with Gasteiger partial charge in [0.15, 0.2) is 0 Å². The lowest BCUT2D eigenvalue weighted by Crippen LogP contribution is -2.41. The van der Waals surface area contributed by atoms with Gasteiger partial charge < -0.3 is 9.88 Å². The second-order valence-corrected chi connectivity index (χ2v) is 4.47. The molecule has 0 bridgehead atoms. The maximum atomic E-state index is 11.6. The molecule has 2 rings (SSSR count). The van der Waals surface area contributed by atoms with Gasteiger partial charge in [0.25, 0.3) is 0 Å². The quantitative estimate of drug-likeness (QED) is 0.855. The maximum Gasteiger partial charge on any atom is 0.238 e. The summed E-state index contributed by atoms with van der Waals surface area (Å²) in [5, 5.41) is 5.99. The molecule has 5 nitrogen and oxygen atoms in total. The first kappa shape index (κ1) is 16.6. The van der Waals surface area contributed by atoms with Crippen LogP contribution >= 0.6 is 36.6 Å². The van der Waals surface area contributed by atoms with Crippen molar-refractivity contribution >= 4 is 42.5 Å². The van der Waals surface area contributed by atoms with Crippen molar-refractivity contribution in [2.24, 2.45) is 7.05 Å². The van der Waals surface area contributed by atoms with Gasteiger partial charge in [-0.15, -0.1) is 36.6 Å². The minimum atomic E-state index is -0.0460. The summed E-state index contributed by atoms with van der Waals surface area (Å²) in [6, 6.07) is -0.0460. The van der Waals surface area contributed by atoms with Crippen LogP contribution < -0.4 is 10.6 Å². The first-order chi connectivity index (χ1) is 7.27. The second kappa shape index (κ2) is 7.81. The van der Waals surface area contributed by atoms with Crippen LogP contribution in [-0.2, 0) is 18.4 Å². The molecule has 1 atom stereocenters. The number of carbonyl (C=O) groups excluding carboxylic acids is 1. The van der Waals surface area contributed by atoms with Crippen LogP contribution in [0, 0.1) is 0 Å². The minimum absolute atomic E-state index is 0. The Morgan fingerprint density at radius 1 is 1.71 bits per heavy atom. The summed E-state index contributed by atoms with van der Waals surface area (Å²) in [5.41, 5.74) is 0. The first-order valence-electron chi connectivity index (χ1n) is 4.82. The van der Waals surface area contributed by atoms with Gasteiger partial charge in [-0.3, -0.25) is 10.1 Å². The molecule has 17 heavy (non-hydrogen) atoms. The van der Waals surface area contributed by atoms with Crippen LogP contribution in [0.15, 0.2) is 12.4 Å². The highest BCUT2D eigenvalue weighted by Gasteiger charge is 2.22.